The van der Waals surface area contributed by atoms with Gasteiger partial charge in [0.2, 0.25) is 11.1 Å². The summed E-state index contributed by atoms with van der Waals surface area (Å²) in [7, 11) is 0. The van der Waals surface area contributed by atoms with Gasteiger partial charge >= 0.3 is 0 Å². The molecule has 0 spiro atoms. The lowest BCUT2D eigenvalue weighted by molar-refractivity contribution is -0.118. The maximum atomic E-state index is 12.9. The number of nitrogens with zero attached hydrogens (tertiary/aromatic N) is 3. The maximum absolute atomic E-state index is 12.9. The van der Waals surface area contributed by atoms with Crippen LogP contribution in [0.25, 0.3) is 0 Å². The van der Waals surface area contributed by atoms with E-state index in [9.17, 15) is 9.18 Å². The van der Waals surface area contributed by atoms with E-state index in [1.165, 1.54) is 28.9 Å². The van der Waals surface area contributed by atoms with Crippen molar-refractivity contribution in [2.45, 2.75) is 18.7 Å². The minimum atomic E-state index is -0.348. The number of nitrogen functional groups attached to an aromatic ring is 1. The zero-order chi connectivity index (χ0) is 22.8. The number of hydrogen-bond acceptors (Lipinski definition) is 8. The van der Waals surface area contributed by atoms with Crippen LogP contribution in [0.15, 0.2) is 53.7 Å². The smallest absolute Gasteiger partial charge is 0.230 e. The topological polar surface area (TPSA) is 114 Å². The van der Waals surface area contributed by atoms with E-state index in [-0.39, 0.29) is 24.1 Å². The summed E-state index contributed by atoms with van der Waals surface area (Å²) in [4.78, 5) is 12.0. The third-order valence-corrected chi connectivity index (χ3v) is 5.02. The Hall–Kier alpha value is -3.47. The van der Waals surface area contributed by atoms with Gasteiger partial charge in [0.1, 0.15) is 36.3 Å². The van der Waals surface area contributed by atoms with Crippen LogP contribution in [0.4, 0.5) is 4.39 Å². The van der Waals surface area contributed by atoms with Crippen LogP contribution >= 0.6 is 11.8 Å². The zero-order valence-electron chi connectivity index (χ0n) is 17.5. The monoisotopic (exact) mass is 461 g/mol. The molecule has 11 heteroatoms. The van der Waals surface area contributed by atoms with Gasteiger partial charge < -0.3 is 25.4 Å². The molecule has 1 aromatic heterocycles. The lowest BCUT2D eigenvalue weighted by Gasteiger charge is -2.09. The molecule has 0 atom stereocenters. The van der Waals surface area contributed by atoms with Crippen LogP contribution in [0.5, 0.6) is 17.2 Å². The standard InChI is InChI=1S/C21H24FN5O4S/c1-2-29-16-7-9-17(10-8-16)30-12-11-24-20(28)14-32-21-26-25-19(27(21)23)13-31-18-5-3-15(22)4-6-18/h3-10H,2,11-14,23H2,1H3,(H,24,28). The van der Waals surface area contributed by atoms with Gasteiger partial charge in [-0.05, 0) is 55.5 Å². The van der Waals surface area contributed by atoms with Gasteiger partial charge in [-0.3, -0.25) is 4.79 Å². The number of ether oxygens (including phenoxy) is 3. The van der Waals surface area contributed by atoms with Gasteiger partial charge in [-0.1, -0.05) is 11.8 Å². The van der Waals surface area contributed by atoms with Crippen LogP contribution in [-0.4, -0.2) is 46.3 Å². The quantitative estimate of drug-likeness (QED) is 0.240. The average Bonchev–Trinajstić information content (AvgIpc) is 3.15. The number of nitrogens with two attached hydrogens (primary N) is 1. The summed E-state index contributed by atoms with van der Waals surface area (Å²) in [6.07, 6.45) is 0. The summed E-state index contributed by atoms with van der Waals surface area (Å²) in [5.41, 5.74) is 0. The number of carbonyl (C=O) groups is 1. The Kier molecular flexibility index (Phi) is 8.55. The second-order valence-electron chi connectivity index (χ2n) is 6.40. The van der Waals surface area contributed by atoms with E-state index in [1.807, 2.05) is 31.2 Å². The molecule has 1 heterocycles. The molecular weight excluding hydrogens is 437 g/mol. The Morgan fingerprint density at radius 3 is 2.34 bits per heavy atom. The van der Waals surface area contributed by atoms with E-state index >= 15 is 0 Å². The number of amides is 1. The number of thioether (sulfide) groups is 1. The third kappa shape index (κ3) is 7.05. The Labute approximate surface area is 189 Å². The molecule has 0 saturated carbocycles. The fraction of sp³-hybridized carbons (Fsp3) is 0.286. The summed E-state index contributed by atoms with van der Waals surface area (Å²) in [5.74, 6) is 7.89. The van der Waals surface area contributed by atoms with Crippen molar-refractivity contribution in [2.24, 2.45) is 0 Å². The van der Waals surface area contributed by atoms with E-state index in [4.69, 9.17) is 20.1 Å². The van der Waals surface area contributed by atoms with Gasteiger partial charge in [-0.2, -0.15) is 0 Å². The summed E-state index contributed by atoms with van der Waals surface area (Å²) in [6.45, 7) is 3.29. The Bertz CT molecular complexity index is 998. The maximum Gasteiger partial charge on any atom is 0.230 e. The first-order valence-corrected chi connectivity index (χ1v) is 10.9. The molecule has 0 unspecified atom stereocenters. The molecule has 0 radical (unpaired) electrons. The van der Waals surface area contributed by atoms with Gasteiger partial charge in [0, 0.05) is 0 Å². The summed E-state index contributed by atoms with van der Waals surface area (Å²) >= 11 is 1.15. The number of halogens is 1. The van der Waals surface area contributed by atoms with E-state index in [2.05, 4.69) is 15.5 Å². The molecule has 0 aliphatic carbocycles. The first-order valence-electron chi connectivity index (χ1n) is 9.88. The predicted octanol–water partition coefficient (Wildman–Crippen LogP) is 2.40. The van der Waals surface area contributed by atoms with Crippen LogP contribution in [0.2, 0.25) is 0 Å². The average molecular weight is 462 g/mol. The summed E-state index contributed by atoms with van der Waals surface area (Å²) in [5, 5.41) is 11.1. The fourth-order valence-electron chi connectivity index (χ4n) is 2.52. The van der Waals surface area contributed by atoms with E-state index in [0.29, 0.717) is 42.2 Å². The van der Waals surface area contributed by atoms with Crippen molar-refractivity contribution >= 4 is 17.7 Å². The molecule has 32 heavy (non-hydrogen) atoms. The van der Waals surface area contributed by atoms with Crippen molar-refractivity contribution in [2.75, 3.05) is 31.4 Å². The number of rotatable bonds is 12. The van der Waals surface area contributed by atoms with Crippen LogP contribution < -0.4 is 25.4 Å². The molecule has 0 bridgehead atoms. The van der Waals surface area contributed by atoms with Gasteiger partial charge in [-0.25, -0.2) is 9.07 Å². The second kappa shape index (κ2) is 11.8. The highest BCUT2D eigenvalue weighted by Gasteiger charge is 2.13. The van der Waals surface area contributed by atoms with Gasteiger partial charge in [0.05, 0.1) is 18.9 Å². The minimum absolute atomic E-state index is 0.0603. The van der Waals surface area contributed by atoms with Crippen molar-refractivity contribution in [1.29, 1.82) is 0 Å². The summed E-state index contributed by atoms with van der Waals surface area (Å²) < 4.78 is 30.7. The van der Waals surface area contributed by atoms with E-state index in [0.717, 1.165) is 17.5 Å². The normalized spacial score (nSPS) is 10.6. The molecule has 0 saturated heterocycles. The van der Waals surface area contributed by atoms with Crippen LogP contribution in [-0.2, 0) is 11.4 Å². The third-order valence-electron chi connectivity index (χ3n) is 4.08. The van der Waals surface area contributed by atoms with Gasteiger partial charge in [-0.15, -0.1) is 10.2 Å². The first-order chi connectivity index (χ1) is 15.5. The highest BCUT2D eigenvalue weighted by molar-refractivity contribution is 7.99. The number of carbonyl (C=O) groups excluding carboxylic acids is 1. The van der Waals surface area contributed by atoms with Crippen molar-refractivity contribution < 1.29 is 23.4 Å². The lowest BCUT2D eigenvalue weighted by Crippen LogP contribution is -2.29. The van der Waals surface area contributed by atoms with Gasteiger partial charge in [0.15, 0.2) is 5.82 Å². The van der Waals surface area contributed by atoms with Crippen LogP contribution in [0.3, 0.4) is 0 Å². The first kappa shape index (κ1) is 23.2. The molecular formula is C21H24FN5O4S. The van der Waals surface area contributed by atoms with Crippen molar-refractivity contribution in [3.63, 3.8) is 0 Å². The Morgan fingerprint density at radius 1 is 1.03 bits per heavy atom. The van der Waals surface area contributed by atoms with Crippen LogP contribution in [0.1, 0.15) is 12.7 Å². The number of benzene rings is 2. The summed E-state index contributed by atoms with van der Waals surface area (Å²) in [6, 6.07) is 12.9. The highest BCUT2D eigenvalue weighted by atomic mass is 32.2. The number of hydrogen-bond donors (Lipinski definition) is 2. The molecule has 3 rings (SSSR count). The molecule has 1 amide bonds. The second-order valence-corrected chi connectivity index (χ2v) is 7.35. The largest absolute Gasteiger partial charge is 0.494 e. The van der Waals surface area contributed by atoms with Crippen LogP contribution in [0, 0.1) is 5.82 Å². The lowest BCUT2D eigenvalue weighted by atomic mass is 10.3. The van der Waals surface area contributed by atoms with Crippen molar-refractivity contribution in [1.82, 2.24) is 20.2 Å². The van der Waals surface area contributed by atoms with E-state index in [1.54, 1.807) is 0 Å². The molecule has 2 aromatic carbocycles. The molecule has 0 aliphatic heterocycles. The molecule has 3 aromatic rings. The molecule has 3 N–H and O–H groups in total. The Morgan fingerprint density at radius 2 is 1.66 bits per heavy atom. The van der Waals surface area contributed by atoms with Crippen molar-refractivity contribution in [3.05, 3.63) is 60.2 Å². The molecule has 170 valence electrons. The number of nitrogens with one attached hydrogen (secondary N) is 1. The van der Waals surface area contributed by atoms with Crippen molar-refractivity contribution in [3.8, 4) is 17.2 Å². The predicted molar refractivity (Wildman–Crippen MR) is 118 cm³/mol. The molecule has 0 fully saturated rings. The zero-order valence-corrected chi connectivity index (χ0v) is 18.3. The molecule has 0 aliphatic rings. The SMILES string of the molecule is CCOc1ccc(OCCNC(=O)CSc2nnc(COc3ccc(F)cc3)n2N)cc1. The van der Waals surface area contributed by atoms with E-state index < -0.39 is 0 Å². The highest BCUT2D eigenvalue weighted by Crippen LogP contribution is 2.18. The fourth-order valence-corrected chi connectivity index (χ4v) is 3.23. The molecule has 9 nitrogen and oxygen atoms in total. The van der Waals surface area contributed by atoms with Gasteiger partial charge in [0.25, 0.3) is 0 Å². The minimum Gasteiger partial charge on any atom is -0.494 e. The number of aromatic nitrogens is 3. The Balaban J connectivity index is 1.35.